The Morgan fingerprint density at radius 1 is 1.35 bits per heavy atom. The van der Waals surface area contributed by atoms with Crippen LogP contribution in [0.3, 0.4) is 0 Å². The van der Waals surface area contributed by atoms with Gasteiger partial charge < -0.3 is 10.4 Å². The van der Waals surface area contributed by atoms with Crippen LogP contribution in [0.25, 0.3) is 0 Å². The van der Waals surface area contributed by atoms with Gasteiger partial charge in [0.15, 0.2) is 0 Å². The Bertz CT molecular complexity index is 323. The molecule has 3 nitrogen and oxygen atoms in total. The first-order valence-corrected chi connectivity index (χ1v) is 7.15. The number of hydrogen-bond donors (Lipinski definition) is 2. The highest BCUT2D eigenvalue weighted by Gasteiger charge is 2.13. The minimum absolute atomic E-state index is 0.246. The molecule has 1 aromatic heterocycles. The molecule has 1 unspecified atom stereocenters. The van der Waals surface area contributed by atoms with Crippen LogP contribution in [0.2, 0.25) is 0 Å². The van der Waals surface area contributed by atoms with Crippen molar-refractivity contribution < 1.29 is 5.11 Å². The largest absolute Gasteiger partial charge is 0.396 e. The van der Waals surface area contributed by atoms with Crippen LogP contribution in [-0.4, -0.2) is 22.7 Å². The van der Waals surface area contributed by atoms with Gasteiger partial charge in [-0.05, 0) is 12.3 Å². The topological polar surface area (TPSA) is 45.2 Å². The van der Waals surface area contributed by atoms with Gasteiger partial charge in [-0.2, -0.15) is 0 Å². The molecule has 1 atom stereocenters. The second kappa shape index (κ2) is 7.09. The predicted octanol–water partition coefficient (Wildman–Crippen LogP) is 2.76. The van der Waals surface area contributed by atoms with Gasteiger partial charge in [0.05, 0.1) is 5.01 Å². The Balaban J connectivity index is 2.47. The predicted molar refractivity (Wildman–Crippen MR) is 73.4 cm³/mol. The molecule has 0 saturated carbocycles. The van der Waals surface area contributed by atoms with Gasteiger partial charge in [-0.15, -0.1) is 11.3 Å². The molecule has 0 radical (unpaired) electrons. The Morgan fingerprint density at radius 2 is 2.06 bits per heavy atom. The summed E-state index contributed by atoms with van der Waals surface area (Å²) in [6.45, 7) is 9.79. The van der Waals surface area contributed by atoms with Crippen LogP contribution in [0.15, 0.2) is 6.20 Å². The molecule has 0 aliphatic carbocycles. The molecule has 4 heteroatoms. The van der Waals surface area contributed by atoms with Crippen molar-refractivity contribution in [2.24, 2.45) is 5.92 Å². The standard InChI is InChI=1S/C13H24N2OS/c1-9(2)12(5-6-16)14-7-11-8-15-13(17-11)10(3)4/h8-10,12,14,16H,5-7H2,1-4H3. The van der Waals surface area contributed by atoms with E-state index in [1.807, 2.05) is 6.20 Å². The molecule has 1 heterocycles. The monoisotopic (exact) mass is 256 g/mol. The van der Waals surface area contributed by atoms with Gasteiger partial charge >= 0.3 is 0 Å². The smallest absolute Gasteiger partial charge is 0.0953 e. The molecule has 0 bridgehead atoms. The molecule has 0 aliphatic rings. The lowest BCUT2D eigenvalue weighted by molar-refractivity contribution is 0.244. The lowest BCUT2D eigenvalue weighted by Gasteiger charge is -2.21. The molecule has 0 aromatic carbocycles. The van der Waals surface area contributed by atoms with Crippen molar-refractivity contribution >= 4 is 11.3 Å². The summed E-state index contributed by atoms with van der Waals surface area (Å²) in [4.78, 5) is 5.69. The Kier molecular flexibility index (Phi) is 6.09. The maximum atomic E-state index is 9.01. The molecule has 0 amide bonds. The zero-order valence-electron chi connectivity index (χ0n) is 11.2. The molecule has 2 N–H and O–H groups in total. The molecule has 0 spiro atoms. The summed E-state index contributed by atoms with van der Waals surface area (Å²) < 4.78 is 0. The number of rotatable bonds is 7. The number of nitrogens with one attached hydrogen (secondary N) is 1. The Hall–Kier alpha value is -0.450. The summed E-state index contributed by atoms with van der Waals surface area (Å²) in [5.74, 6) is 1.05. The third-order valence-electron chi connectivity index (χ3n) is 2.85. The lowest BCUT2D eigenvalue weighted by atomic mass is 10.0. The van der Waals surface area contributed by atoms with Crippen LogP contribution < -0.4 is 5.32 Å². The summed E-state index contributed by atoms with van der Waals surface area (Å²) in [6.07, 6.45) is 2.77. The zero-order valence-corrected chi connectivity index (χ0v) is 12.0. The number of aromatic nitrogens is 1. The first-order chi connectivity index (χ1) is 8.04. The van der Waals surface area contributed by atoms with Crippen molar-refractivity contribution in [3.05, 3.63) is 16.1 Å². The lowest BCUT2D eigenvalue weighted by Crippen LogP contribution is -2.33. The van der Waals surface area contributed by atoms with Gasteiger partial charge in [-0.1, -0.05) is 27.7 Å². The first kappa shape index (κ1) is 14.6. The molecular weight excluding hydrogens is 232 g/mol. The fourth-order valence-corrected chi connectivity index (χ4v) is 2.58. The van der Waals surface area contributed by atoms with Crippen LogP contribution >= 0.6 is 11.3 Å². The number of aliphatic hydroxyl groups is 1. The summed E-state index contributed by atoms with van der Waals surface area (Å²) in [5.41, 5.74) is 0. The Morgan fingerprint density at radius 3 is 2.53 bits per heavy atom. The van der Waals surface area contributed by atoms with E-state index < -0.39 is 0 Å². The molecule has 0 fully saturated rings. The molecule has 17 heavy (non-hydrogen) atoms. The highest BCUT2D eigenvalue weighted by Crippen LogP contribution is 2.21. The summed E-state index contributed by atoms with van der Waals surface area (Å²) in [5, 5.41) is 13.7. The number of aliphatic hydroxyl groups excluding tert-OH is 1. The van der Waals surface area contributed by atoms with Crippen molar-refractivity contribution in [3.63, 3.8) is 0 Å². The average molecular weight is 256 g/mol. The Labute approximate surface area is 108 Å². The van der Waals surface area contributed by atoms with E-state index in [-0.39, 0.29) is 6.61 Å². The third-order valence-corrected chi connectivity index (χ3v) is 4.15. The van der Waals surface area contributed by atoms with Crippen molar-refractivity contribution in [1.82, 2.24) is 10.3 Å². The molecule has 0 saturated heterocycles. The second-order valence-electron chi connectivity index (χ2n) is 5.06. The normalized spacial score (nSPS) is 13.6. The van der Waals surface area contributed by atoms with Crippen LogP contribution in [-0.2, 0) is 6.54 Å². The highest BCUT2D eigenvalue weighted by atomic mass is 32.1. The molecule has 1 aromatic rings. The fraction of sp³-hybridized carbons (Fsp3) is 0.769. The summed E-state index contributed by atoms with van der Waals surface area (Å²) >= 11 is 1.78. The quantitative estimate of drug-likeness (QED) is 0.788. The third kappa shape index (κ3) is 4.74. The number of nitrogens with zero attached hydrogens (tertiary/aromatic N) is 1. The second-order valence-corrected chi connectivity index (χ2v) is 6.21. The molecule has 1 rings (SSSR count). The highest BCUT2D eigenvalue weighted by molar-refractivity contribution is 7.11. The number of hydrogen-bond acceptors (Lipinski definition) is 4. The van der Waals surface area contributed by atoms with Crippen LogP contribution in [0, 0.1) is 5.92 Å². The van der Waals surface area contributed by atoms with Crippen molar-refractivity contribution in [2.45, 2.75) is 52.6 Å². The zero-order chi connectivity index (χ0) is 12.8. The van der Waals surface area contributed by atoms with E-state index in [9.17, 15) is 0 Å². The first-order valence-electron chi connectivity index (χ1n) is 6.33. The van der Waals surface area contributed by atoms with E-state index in [4.69, 9.17) is 5.11 Å². The maximum absolute atomic E-state index is 9.01. The fourth-order valence-electron chi connectivity index (χ4n) is 1.71. The summed E-state index contributed by atoms with van der Waals surface area (Å²) in [6, 6.07) is 0.379. The van der Waals surface area contributed by atoms with Gasteiger partial charge in [-0.25, -0.2) is 4.98 Å². The van der Waals surface area contributed by atoms with Crippen molar-refractivity contribution in [2.75, 3.05) is 6.61 Å². The van der Waals surface area contributed by atoms with Gasteiger partial charge in [0.1, 0.15) is 0 Å². The van der Waals surface area contributed by atoms with Gasteiger partial charge in [0.2, 0.25) is 0 Å². The van der Waals surface area contributed by atoms with E-state index in [1.165, 1.54) is 9.88 Å². The van der Waals surface area contributed by atoms with E-state index in [0.717, 1.165) is 13.0 Å². The van der Waals surface area contributed by atoms with E-state index in [0.29, 0.717) is 17.9 Å². The average Bonchev–Trinajstić information content (AvgIpc) is 2.72. The molecular formula is C13H24N2OS. The van der Waals surface area contributed by atoms with Crippen LogP contribution in [0.1, 0.15) is 49.9 Å². The van der Waals surface area contributed by atoms with Gasteiger partial charge in [0.25, 0.3) is 0 Å². The molecule has 0 aliphatic heterocycles. The van der Waals surface area contributed by atoms with Crippen LogP contribution in [0.4, 0.5) is 0 Å². The van der Waals surface area contributed by atoms with Gasteiger partial charge in [-0.3, -0.25) is 0 Å². The summed E-state index contributed by atoms with van der Waals surface area (Å²) in [7, 11) is 0. The van der Waals surface area contributed by atoms with Crippen molar-refractivity contribution in [1.29, 1.82) is 0 Å². The van der Waals surface area contributed by atoms with Crippen molar-refractivity contribution in [3.8, 4) is 0 Å². The van der Waals surface area contributed by atoms with E-state index >= 15 is 0 Å². The van der Waals surface area contributed by atoms with Crippen LogP contribution in [0.5, 0.6) is 0 Å². The number of thiazole rings is 1. The van der Waals surface area contributed by atoms with Gasteiger partial charge in [0, 0.05) is 36.2 Å². The van der Waals surface area contributed by atoms with E-state index in [2.05, 4.69) is 38.0 Å². The minimum Gasteiger partial charge on any atom is -0.396 e. The maximum Gasteiger partial charge on any atom is 0.0953 e. The SMILES string of the molecule is CC(C)c1ncc(CNC(CCO)C(C)C)s1. The minimum atomic E-state index is 0.246. The molecule has 98 valence electrons. The van der Waals surface area contributed by atoms with E-state index in [1.54, 1.807) is 11.3 Å².